The molecule has 0 amide bonds. The SMILES string of the molecule is CCCCCCCCCCc1cc(-c2sc(S)cc2CCCCCCCCCC)sc1S. The van der Waals surface area contributed by atoms with Crippen LogP contribution >= 0.6 is 47.9 Å². The van der Waals surface area contributed by atoms with Crippen molar-refractivity contribution < 1.29 is 0 Å². The third-order valence-electron chi connectivity index (χ3n) is 6.41. The number of hydrogen-bond acceptors (Lipinski definition) is 4. The lowest BCUT2D eigenvalue weighted by molar-refractivity contribution is 0.575. The maximum Gasteiger partial charge on any atom is 0.0607 e. The van der Waals surface area contributed by atoms with E-state index in [9.17, 15) is 0 Å². The van der Waals surface area contributed by atoms with Crippen LogP contribution < -0.4 is 0 Å². The second-order valence-electron chi connectivity index (χ2n) is 9.33. The molecule has 0 aliphatic heterocycles. The van der Waals surface area contributed by atoms with E-state index in [2.05, 4.69) is 38.6 Å². The zero-order chi connectivity index (χ0) is 23.0. The van der Waals surface area contributed by atoms with Gasteiger partial charge in [0.15, 0.2) is 0 Å². The summed E-state index contributed by atoms with van der Waals surface area (Å²) in [5.74, 6) is 0. The summed E-state index contributed by atoms with van der Waals surface area (Å²) in [6, 6.07) is 4.73. The van der Waals surface area contributed by atoms with Gasteiger partial charge in [0.2, 0.25) is 0 Å². The van der Waals surface area contributed by atoms with Crippen molar-refractivity contribution in [2.45, 2.75) is 138 Å². The van der Waals surface area contributed by atoms with Crippen LogP contribution in [-0.4, -0.2) is 0 Å². The third-order valence-corrected chi connectivity index (χ3v) is 9.51. The van der Waals surface area contributed by atoms with Gasteiger partial charge in [-0.15, -0.1) is 47.9 Å². The standard InChI is InChI=1S/C28H46S4/c1-3-5-7-9-11-13-15-17-19-23-22-26(29)32-27(23)25-21-24(28(30)31-25)20-18-16-14-12-10-8-6-4-2/h21-22,29-30H,3-20H2,1-2H3. The molecule has 2 rings (SSSR count). The normalized spacial score (nSPS) is 11.5. The summed E-state index contributed by atoms with van der Waals surface area (Å²) in [5.41, 5.74) is 2.95. The molecule has 0 aromatic carbocycles. The first kappa shape index (κ1) is 28.3. The lowest BCUT2D eigenvalue weighted by Crippen LogP contribution is -1.87. The van der Waals surface area contributed by atoms with Crippen molar-refractivity contribution in [2.75, 3.05) is 0 Å². The molecule has 2 aromatic rings. The van der Waals surface area contributed by atoms with E-state index >= 15 is 0 Å². The second kappa shape index (κ2) is 17.5. The van der Waals surface area contributed by atoms with Crippen molar-refractivity contribution in [2.24, 2.45) is 0 Å². The third kappa shape index (κ3) is 11.0. The van der Waals surface area contributed by atoms with Gasteiger partial charge in [0.05, 0.1) is 8.42 Å². The zero-order valence-corrected chi connectivity index (χ0v) is 24.0. The molecule has 182 valence electrons. The Balaban J connectivity index is 1.76. The van der Waals surface area contributed by atoms with Gasteiger partial charge in [-0.25, -0.2) is 0 Å². The Morgan fingerprint density at radius 2 is 1.03 bits per heavy atom. The molecule has 0 atom stereocenters. The maximum atomic E-state index is 4.83. The molecule has 0 nitrogen and oxygen atoms in total. The molecular formula is C28H46S4. The molecule has 0 saturated carbocycles. The van der Waals surface area contributed by atoms with Gasteiger partial charge in [-0.1, -0.05) is 104 Å². The summed E-state index contributed by atoms with van der Waals surface area (Å²) >= 11 is 13.2. The van der Waals surface area contributed by atoms with Gasteiger partial charge in [-0.3, -0.25) is 0 Å². The molecule has 0 spiro atoms. The molecular weight excluding hydrogens is 465 g/mol. The Kier molecular flexibility index (Phi) is 15.5. The molecule has 4 heteroatoms. The van der Waals surface area contributed by atoms with E-state index in [1.165, 1.54) is 141 Å². The van der Waals surface area contributed by atoms with Crippen LogP contribution in [0.25, 0.3) is 9.75 Å². The number of unbranched alkanes of at least 4 members (excludes halogenated alkanes) is 14. The van der Waals surface area contributed by atoms with Gasteiger partial charge in [0.25, 0.3) is 0 Å². The highest BCUT2D eigenvalue weighted by Gasteiger charge is 2.14. The topological polar surface area (TPSA) is 0 Å². The summed E-state index contributed by atoms with van der Waals surface area (Å²) in [7, 11) is 0. The first-order valence-corrected chi connectivity index (χ1v) is 15.8. The van der Waals surface area contributed by atoms with Gasteiger partial charge in [-0.2, -0.15) is 0 Å². The van der Waals surface area contributed by atoms with E-state index in [0.717, 1.165) is 4.21 Å². The van der Waals surface area contributed by atoms with Crippen molar-refractivity contribution in [1.82, 2.24) is 0 Å². The highest BCUT2D eigenvalue weighted by molar-refractivity contribution is 7.83. The fourth-order valence-electron chi connectivity index (χ4n) is 4.42. The van der Waals surface area contributed by atoms with Crippen LogP contribution in [0.3, 0.4) is 0 Å². The Bertz CT molecular complexity index is 728. The van der Waals surface area contributed by atoms with E-state index in [4.69, 9.17) is 12.6 Å². The average molecular weight is 511 g/mol. The minimum atomic E-state index is 1.15. The second-order valence-corrected chi connectivity index (χ2v) is 13.0. The number of rotatable bonds is 19. The largest absolute Gasteiger partial charge is 0.133 e. The lowest BCUT2D eigenvalue weighted by atomic mass is 10.0. The van der Waals surface area contributed by atoms with E-state index in [1.807, 2.05) is 22.7 Å². The van der Waals surface area contributed by atoms with Gasteiger partial charge < -0.3 is 0 Å². The number of hydrogen-bond donors (Lipinski definition) is 2. The lowest BCUT2D eigenvalue weighted by Gasteiger charge is -2.03. The molecule has 0 aliphatic carbocycles. The first-order chi connectivity index (χ1) is 15.7. The van der Waals surface area contributed by atoms with Crippen molar-refractivity contribution in [3.8, 4) is 9.75 Å². The van der Waals surface area contributed by atoms with Gasteiger partial charge in [-0.05, 0) is 48.9 Å². The van der Waals surface area contributed by atoms with Crippen LogP contribution in [0.5, 0.6) is 0 Å². The van der Waals surface area contributed by atoms with Crippen LogP contribution in [0.1, 0.15) is 128 Å². The van der Waals surface area contributed by atoms with E-state index < -0.39 is 0 Å². The van der Waals surface area contributed by atoms with Crippen molar-refractivity contribution in [3.63, 3.8) is 0 Å². The number of aryl methyl sites for hydroxylation is 2. The number of thiophene rings is 2. The molecule has 0 bridgehead atoms. The molecule has 0 unspecified atom stereocenters. The molecule has 0 aliphatic rings. The summed E-state index contributed by atoms with van der Waals surface area (Å²) in [4.78, 5) is 2.85. The molecule has 0 fully saturated rings. The fourth-order valence-corrected chi connectivity index (χ4v) is 7.36. The predicted octanol–water partition coefficient (Wildman–Crippen LogP) is 11.4. The van der Waals surface area contributed by atoms with E-state index in [0.29, 0.717) is 0 Å². The monoisotopic (exact) mass is 510 g/mol. The van der Waals surface area contributed by atoms with E-state index in [-0.39, 0.29) is 0 Å². The zero-order valence-electron chi connectivity index (χ0n) is 20.6. The molecule has 0 saturated heterocycles. The highest BCUT2D eigenvalue weighted by Crippen LogP contribution is 2.42. The quantitative estimate of drug-likeness (QED) is 0.136. The predicted molar refractivity (Wildman–Crippen MR) is 155 cm³/mol. The van der Waals surface area contributed by atoms with Gasteiger partial charge in [0, 0.05) is 9.75 Å². The van der Waals surface area contributed by atoms with Crippen molar-refractivity contribution >= 4 is 47.9 Å². The van der Waals surface area contributed by atoms with Crippen LogP contribution in [-0.2, 0) is 12.8 Å². The molecule has 32 heavy (non-hydrogen) atoms. The summed E-state index contributed by atoms with van der Waals surface area (Å²) in [6.07, 6.45) is 24.4. The summed E-state index contributed by atoms with van der Waals surface area (Å²) in [6.45, 7) is 4.58. The Morgan fingerprint density at radius 1 is 0.562 bits per heavy atom. The number of thiol groups is 2. The first-order valence-electron chi connectivity index (χ1n) is 13.3. The average Bonchev–Trinajstić information content (AvgIpc) is 3.33. The van der Waals surface area contributed by atoms with Crippen LogP contribution in [0.15, 0.2) is 20.6 Å². The van der Waals surface area contributed by atoms with Crippen LogP contribution in [0.4, 0.5) is 0 Å². The fraction of sp³-hybridized carbons (Fsp3) is 0.714. The smallest absolute Gasteiger partial charge is 0.0607 e. The van der Waals surface area contributed by atoms with Gasteiger partial charge in [0.1, 0.15) is 0 Å². The molecule has 0 radical (unpaired) electrons. The summed E-state index contributed by atoms with van der Waals surface area (Å²) in [5, 5.41) is 0. The maximum absolute atomic E-state index is 4.83. The van der Waals surface area contributed by atoms with Gasteiger partial charge >= 0.3 is 0 Å². The molecule has 0 N–H and O–H groups in total. The van der Waals surface area contributed by atoms with Crippen molar-refractivity contribution in [1.29, 1.82) is 0 Å². The minimum Gasteiger partial charge on any atom is -0.133 e. The highest BCUT2D eigenvalue weighted by atomic mass is 32.2. The van der Waals surface area contributed by atoms with E-state index in [1.54, 1.807) is 0 Å². The molecule has 2 aromatic heterocycles. The molecule has 2 heterocycles. The van der Waals surface area contributed by atoms with Crippen LogP contribution in [0, 0.1) is 0 Å². The minimum absolute atomic E-state index is 1.15. The summed E-state index contributed by atoms with van der Waals surface area (Å²) < 4.78 is 2.36. The van der Waals surface area contributed by atoms with Crippen LogP contribution in [0.2, 0.25) is 0 Å². The Hall–Kier alpha value is 0.1000. The Morgan fingerprint density at radius 3 is 1.56 bits per heavy atom. The van der Waals surface area contributed by atoms with Crippen molar-refractivity contribution in [3.05, 3.63) is 23.3 Å². The Labute approximate surface area is 217 Å².